The van der Waals surface area contributed by atoms with E-state index in [1.54, 1.807) is 6.92 Å². The zero-order valence-corrected chi connectivity index (χ0v) is 9.74. The number of benzene rings is 1. The van der Waals surface area contributed by atoms with E-state index < -0.39 is 29.2 Å². The lowest BCUT2D eigenvalue weighted by Crippen LogP contribution is -2.47. The molecule has 0 aliphatic carbocycles. The number of alkyl halides is 2. The van der Waals surface area contributed by atoms with E-state index in [9.17, 15) is 17.6 Å². The van der Waals surface area contributed by atoms with Crippen LogP contribution in [0.3, 0.4) is 0 Å². The van der Waals surface area contributed by atoms with Crippen LogP contribution in [0.4, 0.5) is 17.6 Å². The molecule has 0 fully saturated rings. The minimum Gasteiger partial charge on any atom is -0.303 e. The minimum atomic E-state index is -2.90. The Bertz CT molecular complexity index is 361. The van der Waals surface area contributed by atoms with Gasteiger partial charge in [0.1, 0.15) is 17.2 Å². The molecule has 0 heterocycles. The molecule has 0 aliphatic rings. The van der Waals surface area contributed by atoms with Gasteiger partial charge in [-0.25, -0.2) is 17.6 Å². The molecule has 17 heavy (non-hydrogen) atoms. The summed E-state index contributed by atoms with van der Waals surface area (Å²) < 4.78 is 53.2. The van der Waals surface area contributed by atoms with Crippen LogP contribution in [-0.2, 0) is 5.54 Å². The fourth-order valence-corrected chi connectivity index (χ4v) is 1.65. The first-order valence-electron chi connectivity index (χ1n) is 5.41. The molecule has 1 unspecified atom stereocenters. The monoisotopic (exact) mass is 249 g/mol. The molecule has 1 aromatic carbocycles. The van der Waals surface area contributed by atoms with Crippen molar-refractivity contribution in [3.05, 3.63) is 35.4 Å². The number of nitrogens with one attached hydrogen (secondary N) is 1. The highest BCUT2D eigenvalue weighted by molar-refractivity contribution is 5.28. The van der Waals surface area contributed by atoms with Crippen molar-refractivity contribution in [2.24, 2.45) is 0 Å². The number of hydrogen-bond acceptors (Lipinski definition) is 1. The molecule has 0 radical (unpaired) electrons. The first kappa shape index (κ1) is 14.0. The Balaban J connectivity index is 3.22. The quantitative estimate of drug-likeness (QED) is 0.788. The summed E-state index contributed by atoms with van der Waals surface area (Å²) in [4.78, 5) is 0. The van der Waals surface area contributed by atoms with E-state index >= 15 is 0 Å². The van der Waals surface area contributed by atoms with Crippen molar-refractivity contribution >= 4 is 0 Å². The molecule has 0 aliphatic heterocycles. The van der Waals surface area contributed by atoms with Gasteiger partial charge in [0.15, 0.2) is 0 Å². The Morgan fingerprint density at radius 1 is 1.24 bits per heavy atom. The van der Waals surface area contributed by atoms with Crippen LogP contribution < -0.4 is 5.32 Å². The van der Waals surface area contributed by atoms with Gasteiger partial charge in [0.2, 0.25) is 0 Å². The summed E-state index contributed by atoms with van der Waals surface area (Å²) in [6.45, 7) is 3.15. The summed E-state index contributed by atoms with van der Waals surface area (Å²) in [5.74, 6) is -1.92. The highest BCUT2D eigenvalue weighted by Gasteiger charge is 2.40. The van der Waals surface area contributed by atoms with Gasteiger partial charge >= 0.3 is 0 Å². The molecule has 0 saturated carbocycles. The fraction of sp³-hybridized carbons (Fsp3) is 0.500. The summed E-state index contributed by atoms with van der Waals surface area (Å²) in [5.41, 5.74) is -2.62. The number of halogens is 4. The summed E-state index contributed by atoms with van der Waals surface area (Å²) in [6.07, 6.45) is -2.31. The van der Waals surface area contributed by atoms with Crippen molar-refractivity contribution in [3.63, 3.8) is 0 Å². The van der Waals surface area contributed by atoms with E-state index in [0.717, 1.165) is 25.1 Å². The maximum atomic E-state index is 13.5. The van der Waals surface area contributed by atoms with E-state index in [0.29, 0.717) is 6.42 Å². The molecule has 0 bridgehead atoms. The second kappa shape index (κ2) is 5.49. The molecule has 0 spiro atoms. The van der Waals surface area contributed by atoms with E-state index in [4.69, 9.17) is 0 Å². The lowest BCUT2D eigenvalue weighted by Gasteiger charge is -2.31. The Morgan fingerprint density at radius 2 is 1.76 bits per heavy atom. The Labute approximate surface area is 97.8 Å². The molecular formula is C12H15F4N. The molecule has 96 valence electrons. The zero-order valence-electron chi connectivity index (χ0n) is 9.74. The van der Waals surface area contributed by atoms with E-state index in [-0.39, 0.29) is 6.54 Å². The third kappa shape index (κ3) is 2.77. The number of hydrogen-bond donors (Lipinski definition) is 1. The molecule has 0 saturated heterocycles. The van der Waals surface area contributed by atoms with Crippen molar-refractivity contribution < 1.29 is 17.6 Å². The lowest BCUT2D eigenvalue weighted by molar-refractivity contribution is 0.0341. The summed E-state index contributed by atoms with van der Waals surface area (Å²) in [6, 6.07) is 3.11. The van der Waals surface area contributed by atoms with Crippen LogP contribution in [0.15, 0.2) is 18.2 Å². The van der Waals surface area contributed by atoms with Gasteiger partial charge in [0.05, 0.1) is 0 Å². The largest absolute Gasteiger partial charge is 0.303 e. The maximum absolute atomic E-state index is 13.5. The van der Waals surface area contributed by atoms with E-state index in [1.807, 2.05) is 0 Å². The normalized spacial score (nSPS) is 15.0. The summed E-state index contributed by atoms with van der Waals surface area (Å²) in [5, 5.41) is 2.51. The summed E-state index contributed by atoms with van der Waals surface area (Å²) >= 11 is 0. The predicted octanol–water partition coefficient (Wildman–Crippen LogP) is 3.44. The van der Waals surface area contributed by atoms with E-state index in [1.165, 1.54) is 0 Å². The molecule has 0 amide bonds. The Kier molecular flexibility index (Phi) is 4.51. The molecule has 1 atom stereocenters. The average molecular weight is 249 g/mol. The third-order valence-electron chi connectivity index (χ3n) is 2.66. The molecule has 0 aromatic heterocycles. The van der Waals surface area contributed by atoms with Crippen LogP contribution in [0.5, 0.6) is 0 Å². The second-order valence-corrected chi connectivity index (χ2v) is 4.03. The standard InChI is InChI=1S/C12H15F4N/c1-3-7-17-12(2,11(15)16)10-8(13)5-4-6-9(10)14/h4-6,11,17H,3,7H2,1-2H3. The predicted molar refractivity (Wildman–Crippen MR) is 58.0 cm³/mol. The smallest absolute Gasteiger partial charge is 0.260 e. The fourth-order valence-electron chi connectivity index (χ4n) is 1.65. The van der Waals surface area contributed by atoms with Gasteiger partial charge in [0, 0.05) is 5.56 Å². The van der Waals surface area contributed by atoms with Crippen LogP contribution in [0, 0.1) is 11.6 Å². The van der Waals surface area contributed by atoms with Crippen LogP contribution >= 0.6 is 0 Å². The second-order valence-electron chi connectivity index (χ2n) is 4.03. The van der Waals surface area contributed by atoms with Gasteiger partial charge in [-0.05, 0) is 32.0 Å². The molecular weight excluding hydrogens is 234 g/mol. The van der Waals surface area contributed by atoms with Gasteiger partial charge in [-0.15, -0.1) is 0 Å². The lowest BCUT2D eigenvalue weighted by atomic mass is 9.91. The maximum Gasteiger partial charge on any atom is 0.260 e. The van der Waals surface area contributed by atoms with Gasteiger partial charge in [-0.2, -0.15) is 0 Å². The van der Waals surface area contributed by atoms with Crippen molar-refractivity contribution in [1.29, 1.82) is 0 Å². The van der Waals surface area contributed by atoms with Crippen molar-refractivity contribution in [3.8, 4) is 0 Å². The van der Waals surface area contributed by atoms with Crippen LogP contribution in [-0.4, -0.2) is 13.0 Å². The average Bonchev–Trinajstić information content (AvgIpc) is 2.25. The third-order valence-corrected chi connectivity index (χ3v) is 2.66. The Morgan fingerprint density at radius 3 is 2.18 bits per heavy atom. The van der Waals surface area contributed by atoms with E-state index in [2.05, 4.69) is 5.32 Å². The molecule has 1 rings (SSSR count). The first-order chi connectivity index (χ1) is 7.93. The highest BCUT2D eigenvalue weighted by Crippen LogP contribution is 2.32. The molecule has 1 N–H and O–H groups in total. The number of rotatable bonds is 5. The van der Waals surface area contributed by atoms with Crippen LogP contribution in [0.1, 0.15) is 25.8 Å². The first-order valence-corrected chi connectivity index (χ1v) is 5.41. The molecule has 1 aromatic rings. The molecule has 1 nitrogen and oxygen atoms in total. The van der Waals surface area contributed by atoms with Gasteiger partial charge < -0.3 is 5.32 Å². The SMILES string of the molecule is CCCNC(C)(c1c(F)cccc1F)C(F)F. The van der Waals surface area contributed by atoms with Crippen LogP contribution in [0.25, 0.3) is 0 Å². The van der Waals surface area contributed by atoms with Gasteiger partial charge in [-0.3, -0.25) is 0 Å². The van der Waals surface area contributed by atoms with Gasteiger partial charge in [-0.1, -0.05) is 13.0 Å². The molecule has 5 heteroatoms. The van der Waals surface area contributed by atoms with Crippen molar-refractivity contribution in [1.82, 2.24) is 5.32 Å². The highest BCUT2D eigenvalue weighted by atomic mass is 19.3. The van der Waals surface area contributed by atoms with Crippen molar-refractivity contribution in [2.75, 3.05) is 6.54 Å². The summed E-state index contributed by atoms with van der Waals surface area (Å²) in [7, 11) is 0. The minimum absolute atomic E-state index is 0.259. The topological polar surface area (TPSA) is 12.0 Å². The Hall–Kier alpha value is -1.10. The van der Waals surface area contributed by atoms with Gasteiger partial charge in [0.25, 0.3) is 6.43 Å². The van der Waals surface area contributed by atoms with Crippen LogP contribution in [0.2, 0.25) is 0 Å². The zero-order chi connectivity index (χ0) is 13.1. The van der Waals surface area contributed by atoms with Crippen molar-refractivity contribution in [2.45, 2.75) is 32.2 Å².